The second kappa shape index (κ2) is 7.75. The van der Waals surface area contributed by atoms with Crippen LogP contribution in [0.4, 0.5) is 5.69 Å². The van der Waals surface area contributed by atoms with E-state index in [4.69, 9.17) is 11.6 Å². The molecule has 3 rings (SSSR count). The van der Waals surface area contributed by atoms with E-state index in [0.717, 1.165) is 0 Å². The number of benzene rings is 1. The Morgan fingerprint density at radius 3 is 2.67 bits per heavy atom. The zero-order valence-electron chi connectivity index (χ0n) is 15.3. The van der Waals surface area contributed by atoms with E-state index in [1.165, 1.54) is 0 Å². The van der Waals surface area contributed by atoms with Crippen molar-refractivity contribution in [1.29, 1.82) is 0 Å². The summed E-state index contributed by atoms with van der Waals surface area (Å²) in [6, 6.07) is 8.13. The molecule has 0 saturated heterocycles. The molecule has 0 saturated carbocycles. The maximum absolute atomic E-state index is 12.5. The summed E-state index contributed by atoms with van der Waals surface area (Å²) in [4.78, 5) is 33.1. The van der Waals surface area contributed by atoms with Crippen molar-refractivity contribution in [3.05, 3.63) is 52.9 Å². The van der Waals surface area contributed by atoms with Crippen molar-refractivity contribution >= 4 is 40.3 Å². The maximum atomic E-state index is 12.5. The van der Waals surface area contributed by atoms with E-state index in [1.807, 2.05) is 20.9 Å². The molecule has 0 aliphatic rings. The molecular formula is C19H20ClN5O2. The number of aromatic nitrogens is 3. The van der Waals surface area contributed by atoms with E-state index in [0.29, 0.717) is 34.9 Å². The summed E-state index contributed by atoms with van der Waals surface area (Å²) in [6.45, 7) is 4.59. The fourth-order valence-electron chi connectivity index (χ4n) is 2.50. The number of nitrogens with zero attached hydrogens (tertiary/aromatic N) is 3. The van der Waals surface area contributed by atoms with Crippen LogP contribution >= 0.6 is 11.6 Å². The van der Waals surface area contributed by atoms with Crippen LogP contribution in [0.1, 0.15) is 34.7 Å². The summed E-state index contributed by atoms with van der Waals surface area (Å²) in [6.07, 6.45) is 1.64. The number of imidazole rings is 1. The van der Waals surface area contributed by atoms with Gasteiger partial charge in [0.2, 0.25) is 0 Å². The van der Waals surface area contributed by atoms with Gasteiger partial charge in [0.15, 0.2) is 5.65 Å². The largest absolute Gasteiger partial charge is 0.352 e. The molecule has 2 heterocycles. The average molecular weight is 386 g/mol. The monoisotopic (exact) mass is 385 g/mol. The summed E-state index contributed by atoms with van der Waals surface area (Å²) < 4.78 is 1.74. The van der Waals surface area contributed by atoms with Crippen LogP contribution in [0.3, 0.4) is 0 Å². The maximum Gasteiger partial charge on any atom is 0.274 e. The second-order valence-electron chi connectivity index (χ2n) is 6.65. The Balaban J connectivity index is 1.74. The number of rotatable bonds is 5. The Labute approximate surface area is 161 Å². The van der Waals surface area contributed by atoms with Crippen molar-refractivity contribution in [2.45, 2.75) is 13.8 Å². The van der Waals surface area contributed by atoms with Gasteiger partial charge in [0.05, 0.1) is 16.9 Å². The van der Waals surface area contributed by atoms with Gasteiger partial charge in [0.1, 0.15) is 11.2 Å². The van der Waals surface area contributed by atoms with Crippen LogP contribution in [-0.2, 0) is 7.05 Å². The van der Waals surface area contributed by atoms with Gasteiger partial charge in [-0.2, -0.15) is 0 Å². The summed E-state index contributed by atoms with van der Waals surface area (Å²) in [7, 11) is 1.81. The third-order valence-corrected chi connectivity index (χ3v) is 4.25. The molecule has 0 spiro atoms. The molecule has 0 unspecified atom stereocenters. The summed E-state index contributed by atoms with van der Waals surface area (Å²) >= 11 is 6.21. The molecule has 7 nitrogen and oxygen atoms in total. The number of hydrogen-bond donors (Lipinski definition) is 2. The number of hydrogen-bond acceptors (Lipinski definition) is 4. The lowest BCUT2D eigenvalue weighted by atomic mass is 10.1. The minimum Gasteiger partial charge on any atom is -0.352 e. The SMILES string of the molecule is CC(C)CNC(=O)c1ccc(NC(=O)c2ccc3ncn(C)c3n2)cc1Cl. The fourth-order valence-corrected chi connectivity index (χ4v) is 2.76. The Morgan fingerprint density at radius 2 is 1.96 bits per heavy atom. The summed E-state index contributed by atoms with van der Waals surface area (Å²) in [5.74, 6) is -0.267. The predicted molar refractivity (Wildman–Crippen MR) is 105 cm³/mol. The number of aryl methyl sites for hydroxylation is 1. The summed E-state index contributed by atoms with van der Waals surface area (Å²) in [5.41, 5.74) is 2.45. The van der Waals surface area contributed by atoms with Gasteiger partial charge in [0, 0.05) is 19.3 Å². The van der Waals surface area contributed by atoms with Gasteiger partial charge < -0.3 is 15.2 Å². The molecule has 8 heteroatoms. The van der Waals surface area contributed by atoms with Gasteiger partial charge >= 0.3 is 0 Å². The van der Waals surface area contributed by atoms with Crippen LogP contribution in [0.2, 0.25) is 5.02 Å². The number of pyridine rings is 1. The van der Waals surface area contributed by atoms with Crippen LogP contribution < -0.4 is 10.6 Å². The number of fused-ring (bicyclic) bond motifs is 1. The third-order valence-electron chi connectivity index (χ3n) is 3.93. The van der Waals surface area contributed by atoms with Gasteiger partial charge in [-0.1, -0.05) is 25.4 Å². The topological polar surface area (TPSA) is 88.9 Å². The van der Waals surface area contributed by atoms with Crippen LogP contribution in [0.15, 0.2) is 36.7 Å². The molecule has 0 aliphatic heterocycles. The highest BCUT2D eigenvalue weighted by atomic mass is 35.5. The van der Waals surface area contributed by atoms with E-state index < -0.39 is 0 Å². The number of amides is 2. The molecule has 0 radical (unpaired) electrons. The first-order valence-electron chi connectivity index (χ1n) is 8.52. The lowest BCUT2D eigenvalue weighted by Gasteiger charge is -2.10. The predicted octanol–water partition coefficient (Wildman–Crippen LogP) is 3.26. The van der Waals surface area contributed by atoms with E-state index in [9.17, 15) is 9.59 Å². The van der Waals surface area contributed by atoms with Crippen LogP contribution in [0.5, 0.6) is 0 Å². The highest BCUT2D eigenvalue weighted by Gasteiger charge is 2.14. The molecule has 0 aliphatic carbocycles. The van der Waals surface area contributed by atoms with Crippen LogP contribution in [0, 0.1) is 5.92 Å². The van der Waals surface area contributed by atoms with Crippen molar-refractivity contribution < 1.29 is 9.59 Å². The van der Waals surface area contributed by atoms with Gasteiger partial charge in [-0.25, -0.2) is 9.97 Å². The standard InChI is InChI=1S/C19H20ClN5O2/c1-11(2)9-21-18(26)13-5-4-12(8-14(13)20)23-19(27)16-7-6-15-17(24-16)25(3)10-22-15/h4-8,10-11H,9H2,1-3H3,(H,21,26)(H,23,27). The Kier molecular flexibility index (Phi) is 5.41. The molecule has 0 atom stereocenters. The van der Waals surface area contributed by atoms with E-state index in [1.54, 1.807) is 41.2 Å². The number of nitrogens with one attached hydrogen (secondary N) is 2. The lowest BCUT2D eigenvalue weighted by molar-refractivity contribution is 0.0948. The lowest BCUT2D eigenvalue weighted by Crippen LogP contribution is -2.27. The minimum atomic E-state index is -0.369. The van der Waals surface area contributed by atoms with Gasteiger partial charge in [-0.15, -0.1) is 0 Å². The molecule has 0 bridgehead atoms. The number of anilines is 1. The molecule has 140 valence electrons. The second-order valence-corrected chi connectivity index (χ2v) is 7.05. The first-order valence-corrected chi connectivity index (χ1v) is 8.90. The fraction of sp³-hybridized carbons (Fsp3) is 0.263. The normalized spacial score (nSPS) is 11.0. The highest BCUT2D eigenvalue weighted by molar-refractivity contribution is 6.34. The van der Waals surface area contributed by atoms with Crippen molar-refractivity contribution in [1.82, 2.24) is 19.9 Å². The van der Waals surface area contributed by atoms with E-state index >= 15 is 0 Å². The average Bonchev–Trinajstić information content (AvgIpc) is 3.00. The Hall–Kier alpha value is -2.93. The highest BCUT2D eigenvalue weighted by Crippen LogP contribution is 2.22. The van der Waals surface area contributed by atoms with Crippen molar-refractivity contribution in [2.24, 2.45) is 13.0 Å². The van der Waals surface area contributed by atoms with Gasteiger partial charge in [0.25, 0.3) is 11.8 Å². The quantitative estimate of drug-likeness (QED) is 0.705. The molecule has 2 aromatic heterocycles. The zero-order valence-corrected chi connectivity index (χ0v) is 16.0. The third kappa shape index (κ3) is 4.25. The van der Waals surface area contributed by atoms with Crippen molar-refractivity contribution in [3.8, 4) is 0 Å². The van der Waals surface area contributed by atoms with E-state index in [2.05, 4.69) is 20.6 Å². The van der Waals surface area contributed by atoms with Crippen LogP contribution in [-0.4, -0.2) is 32.9 Å². The van der Waals surface area contributed by atoms with Crippen molar-refractivity contribution in [3.63, 3.8) is 0 Å². The molecule has 0 fully saturated rings. The van der Waals surface area contributed by atoms with Gasteiger partial charge in [-0.05, 0) is 36.2 Å². The van der Waals surface area contributed by atoms with E-state index in [-0.39, 0.29) is 22.5 Å². The molecule has 2 amide bonds. The first kappa shape index (κ1) is 18.8. The molecule has 27 heavy (non-hydrogen) atoms. The minimum absolute atomic E-state index is 0.241. The molecule has 2 N–H and O–H groups in total. The molecular weight excluding hydrogens is 366 g/mol. The number of halogens is 1. The zero-order chi connectivity index (χ0) is 19.6. The van der Waals surface area contributed by atoms with Crippen LogP contribution in [0.25, 0.3) is 11.2 Å². The number of carbonyl (C=O) groups is 2. The van der Waals surface area contributed by atoms with Crippen molar-refractivity contribution in [2.75, 3.05) is 11.9 Å². The molecule has 1 aromatic carbocycles. The summed E-state index contributed by atoms with van der Waals surface area (Å²) in [5, 5.41) is 5.83. The Morgan fingerprint density at radius 1 is 1.19 bits per heavy atom. The first-order chi connectivity index (χ1) is 12.8. The number of carbonyl (C=O) groups excluding carboxylic acids is 2. The molecule has 3 aromatic rings. The smallest absolute Gasteiger partial charge is 0.274 e. The Bertz CT molecular complexity index is 1010. The van der Waals surface area contributed by atoms with Gasteiger partial charge in [-0.3, -0.25) is 9.59 Å².